The van der Waals surface area contributed by atoms with Gasteiger partial charge in [0.2, 0.25) is 0 Å². The van der Waals surface area contributed by atoms with Gasteiger partial charge >= 0.3 is 0 Å². The van der Waals surface area contributed by atoms with Crippen LogP contribution in [-0.4, -0.2) is 61.7 Å². The number of hydrogen-bond acceptors (Lipinski definition) is 8. The first kappa shape index (κ1) is 18.7. The predicted octanol–water partition coefficient (Wildman–Crippen LogP) is 0.299. The van der Waals surface area contributed by atoms with Gasteiger partial charge in [-0.05, 0) is 32.9 Å². The third-order valence-corrected chi connectivity index (χ3v) is 5.43. The molecule has 9 heteroatoms. The molecule has 0 spiro atoms. The van der Waals surface area contributed by atoms with Gasteiger partial charge in [-0.3, -0.25) is 4.18 Å². The first-order valence-corrected chi connectivity index (χ1v) is 9.33. The SMILES string of the molecule is Cc1ccc(S(=O)(=O)OC[C@@H](O)[C@H]2O[C@@H]3OC(C)(C)O[C@@H]3[C@H]2O)cc1. The van der Waals surface area contributed by atoms with E-state index in [1.807, 2.05) is 6.92 Å². The molecule has 2 heterocycles. The summed E-state index contributed by atoms with van der Waals surface area (Å²) in [5, 5.41) is 20.4. The molecular formula is C16H22O8S. The molecule has 0 saturated carbocycles. The van der Waals surface area contributed by atoms with E-state index in [0.717, 1.165) is 5.56 Å². The van der Waals surface area contributed by atoms with Crippen molar-refractivity contribution in [3.05, 3.63) is 29.8 Å². The number of aliphatic hydroxyl groups is 2. The van der Waals surface area contributed by atoms with Gasteiger partial charge in [-0.15, -0.1) is 0 Å². The van der Waals surface area contributed by atoms with Gasteiger partial charge in [0.1, 0.15) is 24.4 Å². The summed E-state index contributed by atoms with van der Waals surface area (Å²) >= 11 is 0. The van der Waals surface area contributed by atoms with Gasteiger partial charge in [-0.25, -0.2) is 0 Å². The number of rotatable bonds is 5. The molecule has 5 atom stereocenters. The van der Waals surface area contributed by atoms with Crippen molar-refractivity contribution >= 4 is 10.1 Å². The van der Waals surface area contributed by atoms with Crippen LogP contribution >= 0.6 is 0 Å². The van der Waals surface area contributed by atoms with E-state index in [1.54, 1.807) is 26.0 Å². The van der Waals surface area contributed by atoms with Gasteiger partial charge < -0.3 is 24.4 Å². The summed E-state index contributed by atoms with van der Waals surface area (Å²) in [4.78, 5) is -0.0107. The number of ether oxygens (including phenoxy) is 3. The molecule has 0 aromatic heterocycles. The summed E-state index contributed by atoms with van der Waals surface area (Å²) in [5.41, 5.74) is 0.913. The molecule has 0 radical (unpaired) electrons. The normalized spacial score (nSPS) is 32.5. The summed E-state index contributed by atoms with van der Waals surface area (Å²) in [6.45, 7) is 4.65. The fourth-order valence-corrected chi connectivity index (χ4v) is 3.79. The molecule has 25 heavy (non-hydrogen) atoms. The van der Waals surface area contributed by atoms with Crippen molar-refractivity contribution in [2.75, 3.05) is 6.61 Å². The highest BCUT2D eigenvalue weighted by atomic mass is 32.2. The molecule has 2 N–H and O–H groups in total. The van der Waals surface area contributed by atoms with Crippen molar-refractivity contribution in [2.45, 2.75) is 62.2 Å². The Kier molecular flexibility index (Phi) is 4.93. The number of hydrogen-bond donors (Lipinski definition) is 2. The smallest absolute Gasteiger partial charge is 0.297 e. The number of benzene rings is 1. The lowest BCUT2D eigenvalue weighted by molar-refractivity contribution is -0.226. The second-order valence-corrected chi connectivity index (χ2v) is 8.29. The van der Waals surface area contributed by atoms with Crippen LogP contribution < -0.4 is 0 Å². The Balaban J connectivity index is 1.60. The highest BCUT2D eigenvalue weighted by molar-refractivity contribution is 7.86. The molecule has 1 aromatic rings. The van der Waals surface area contributed by atoms with E-state index in [4.69, 9.17) is 18.4 Å². The van der Waals surface area contributed by atoms with E-state index in [-0.39, 0.29) is 4.90 Å². The van der Waals surface area contributed by atoms with E-state index in [0.29, 0.717) is 0 Å². The van der Waals surface area contributed by atoms with Gasteiger partial charge in [0.25, 0.3) is 10.1 Å². The zero-order chi connectivity index (χ0) is 18.4. The first-order valence-electron chi connectivity index (χ1n) is 7.92. The van der Waals surface area contributed by atoms with Crippen molar-refractivity contribution in [2.24, 2.45) is 0 Å². The topological polar surface area (TPSA) is 112 Å². The van der Waals surface area contributed by atoms with Crippen LogP contribution in [-0.2, 0) is 28.5 Å². The standard InChI is InChI=1S/C16H22O8S/c1-9-4-6-10(7-5-9)25(19,20)21-8-11(17)13-12(18)14-15(22-13)24-16(2,3)23-14/h4-7,11-15,17-18H,8H2,1-3H3/t11-,12+,13-,14-,15-/m1/s1. The summed E-state index contributed by atoms with van der Waals surface area (Å²) in [6.07, 6.45) is -5.16. The Morgan fingerprint density at radius 3 is 2.48 bits per heavy atom. The number of fused-ring (bicyclic) bond motifs is 1. The van der Waals surface area contributed by atoms with Gasteiger partial charge in [-0.2, -0.15) is 8.42 Å². The molecule has 0 aliphatic carbocycles. The van der Waals surface area contributed by atoms with Crippen molar-refractivity contribution in [3.63, 3.8) is 0 Å². The summed E-state index contributed by atoms with van der Waals surface area (Å²) < 4.78 is 45.6. The molecule has 2 aliphatic heterocycles. The average Bonchev–Trinajstić information content (AvgIpc) is 2.99. The maximum Gasteiger partial charge on any atom is 0.297 e. The molecule has 2 aliphatic rings. The molecule has 2 fully saturated rings. The molecular weight excluding hydrogens is 352 g/mol. The van der Waals surface area contributed by atoms with E-state index < -0.39 is 53.2 Å². The maximum absolute atomic E-state index is 12.1. The summed E-state index contributed by atoms with van der Waals surface area (Å²) in [5.74, 6) is -0.891. The zero-order valence-corrected chi connectivity index (χ0v) is 15.0. The molecule has 3 rings (SSSR count). The predicted molar refractivity (Wildman–Crippen MR) is 85.0 cm³/mol. The van der Waals surface area contributed by atoms with Crippen LogP contribution in [0.15, 0.2) is 29.2 Å². The fraction of sp³-hybridized carbons (Fsp3) is 0.625. The number of aliphatic hydroxyl groups excluding tert-OH is 2. The van der Waals surface area contributed by atoms with Crippen LogP contribution in [0.25, 0.3) is 0 Å². The van der Waals surface area contributed by atoms with Crippen LogP contribution in [0.2, 0.25) is 0 Å². The lowest BCUT2D eigenvalue weighted by Crippen LogP contribution is -2.43. The van der Waals surface area contributed by atoms with Crippen molar-refractivity contribution in [3.8, 4) is 0 Å². The van der Waals surface area contributed by atoms with Crippen LogP contribution in [0.5, 0.6) is 0 Å². The first-order chi connectivity index (χ1) is 11.6. The Hall–Kier alpha value is -1.07. The van der Waals surface area contributed by atoms with Crippen LogP contribution in [0, 0.1) is 6.92 Å². The highest BCUT2D eigenvalue weighted by Crippen LogP contribution is 2.38. The van der Waals surface area contributed by atoms with Crippen molar-refractivity contribution in [1.82, 2.24) is 0 Å². The second-order valence-electron chi connectivity index (χ2n) is 6.68. The van der Waals surface area contributed by atoms with Gasteiger partial charge in [-0.1, -0.05) is 17.7 Å². The molecule has 0 amide bonds. The molecule has 140 valence electrons. The Bertz CT molecular complexity index is 714. The minimum absolute atomic E-state index is 0.0107. The van der Waals surface area contributed by atoms with Gasteiger partial charge in [0, 0.05) is 0 Å². The molecule has 1 aromatic carbocycles. The maximum atomic E-state index is 12.1. The van der Waals surface area contributed by atoms with Gasteiger partial charge in [0.05, 0.1) is 11.5 Å². The average molecular weight is 374 g/mol. The number of aryl methyl sites for hydroxylation is 1. The van der Waals surface area contributed by atoms with E-state index in [9.17, 15) is 18.6 Å². The van der Waals surface area contributed by atoms with Crippen molar-refractivity contribution in [1.29, 1.82) is 0 Å². The molecule has 2 saturated heterocycles. The van der Waals surface area contributed by atoms with Gasteiger partial charge in [0.15, 0.2) is 12.1 Å². The third kappa shape index (κ3) is 3.87. The van der Waals surface area contributed by atoms with Crippen LogP contribution in [0.1, 0.15) is 19.4 Å². The molecule has 0 bridgehead atoms. The molecule has 8 nitrogen and oxygen atoms in total. The lowest BCUT2D eigenvalue weighted by atomic mass is 10.1. The zero-order valence-electron chi connectivity index (χ0n) is 14.2. The third-order valence-electron chi connectivity index (χ3n) is 4.14. The van der Waals surface area contributed by atoms with Crippen LogP contribution in [0.3, 0.4) is 0 Å². The minimum atomic E-state index is -4.02. The monoisotopic (exact) mass is 374 g/mol. The second kappa shape index (κ2) is 6.58. The highest BCUT2D eigenvalue weighted by Gasteiger charge is 2.56. The lowest BCUT2D eigenvalue weighted by Gasteiger charge is -2.25. The summed E-state index contributed by atoms with van der Waals surface area (Å²) in [7, 11) is -4.02. The minimum Gasteiger partial charge on any atom is -0.388 e. The Morgan fingerprint density at radius 2 is 1.88 bits per heavy atom. The van der Waals surface area contributed by atoms with E-state index in [2.05, 4.69) is 0 Å². The van der Waals surface area contributed by atoms with Crippen LogP contribution in [0.4, 0.5) is 0 Å². The quantitative estimate of drug-likeness (QED) is 0.708. The summed E-state index contributed by atoms with van der Waals surface area (Å²) in [6, 6.07) is 6.14. The molecule has 0 unspecified atom stereocenters. The van der Waals surface area contributed by atoms with E-state index >= 15 is 0 Å². The van der Waals surface area contributed by atoms with Crippen molar-refractivity contribution < 1.29 is 37.0 Å². The Labute approximate surface area is 146 Å². The van der Waals surface area contributed by atoms with E-state index in [1.165, 1.54) is 12.1 Å². The fourth-order valence-electron chi connectivity index (χ4n) is 2.86. The largest absolute Gasteiger partial charge is 0.388 e. The Morgan fingerprint density at radius 1 is 1.24 bits per heavy atom.